The number of anilines is 1. The third kappa shape index (κ3) is 4.78. The summed E-state index contributed by atoms with van der Waals surface area (Å²) in [5.74, 6) is -0.944. The lowest BCUT2D eigenvalue weighted by atomic mass is 10.0. The molecule has 190 valence electrons. The number of cyclic esters (lactones) is 1. The van der Waals surface area contributed by atoms with Crippen LogP contribution in [0.25, 0.3) is 17.4 Å². The van der Waals surface area contributed by atoms with Crippen molar-refractivity contribution < 1.29 is 28.3 Å². The molecule has 11 heteroatoms. The zero-order chi connectivity index (χ0) is 27.1. The number of pyridine rings is 1. The molecule has 2 aromatic heterocycles. The predicted molar refractivity (Wildman–Crippen MR) is 143 cm³/mol. The van der Waals surface area contributed by atoms with Gasteiger partial charge in [-0.2, -0.15) is 0 Å². The fourth-order valence-electron chi connectivity index (χ4n) is 4.01. The highest BCUT2D eigenvalue weighted by Gasteiger charge is 2.28. The molecule has 2 aliphatic heterocycles. The van der Waals surface area contributed by atoms with Gasteiger partial charge in [-0.1, -0.05) is 6.07 Å². The van der Waals surface area contributed by atoms with Gasteiger partial charge in [0.2, 0.25) is 5.90 Å². The van der Waals surface area contributed by atoms with Gasteiger partial charge in [0, 0.05) is 39.8 Å². The van der Waals surface area contributed by atoms with Crippen molar-refractivity contribution in [3.63, 3.8) is 0 Å². The van der Waals surface area contributed by atoms with E-state index < -0.39 is 17.8 Å². The first-order chi connectivity index (χ1) is 18.8. The molecule has 3 amide bonds. The summed E-state index contributed by atoms with van der Waals surface area (Å²) >= 11 is 3.29. The highest BCUT2D eigenvalue weighted by Crippen LogP contribution is 2.28. The summed E-state index contributed by atoms with van der Waals surface area (Å²) < 4.78 is 11.8. The molecular weight excluding hydrogens is 568 g/mol. The van der Waals surface area contributed by atoms with E-state index in [1.807, 2.05) is 0 Å². The third-order valence-corrected chi connectivity index (χ3v) is 6.34. The highest BCUT2D eigenvalue weighted by atomic mass is 79.9. The minimum atomic E-state index is -0.643. The normalized spacial score (nSPS) is 15.2. The lowest BCUT2D eigenvalue weighted by molar-refractivity contribution is -0.129. The fraction of sp³-hybridized carbons (Fsp3) is 0. The largest absolute Gasteiger partial charge is 0.457 e. The minimum Gasteiger partial charge on any atom is -0.457 e. The summed E-state index contributed by atoms with van der Waals surface area (Å²) in [4.78, 5) is 56.8. The molecule has 2 aliphatic rings. The molecule has 0 unspecified atom stereocenters. The van der Waals surface area contributed by atoms with Crippen LogP contribution in [0.1, 0.15) is 42.4 Å². The summed E-state index contributed by atoms with van der Waals surface area (Å²) in [6, 6.07) is 16.5. The van der Waals surface area contributed by atoms with E-state index in [4.69, 9.17) is 9.15 Å². The third-order valence-electron chi connectivity index (χ3n) is 5.90. The van der Waals surface area contributed by atoms with Crippen LogP contribution in [-0.4, -0.2) is 34.6 Å². The molecule has 4 aromatic rings. The van der Waals surface area contributed by atoms with E-state index in [2.05, 4.69) is 36.5 Å². The Labute approximate surface area is 228 Å². The van der Waals surface area contributed by atoms with Gasteiger partial charge in [0.15, 0.2) is 5.70 Å². The van der Waals surface area contributed by atoms with E-state index in [1.165, 1.54) is 12.3 Å². The number of benzene rings is 2. The zero-order valence-corrected chi connectivity index (χ0v) is 21.3. The topological polar surface area (TPSA) is 140 Å². The van der Waals surface area contributed by atoms with Gasteiger partial charge in [-0.05, 0) is 70.5 Å². The summed E-state index contributed by atoms with van der Waals surface area (Å²) in [5.41, 5.74) is 2.72. The molecule has 0 radical (unpaired) electrons. The van der Waals surface area contributed by atoms with Crippen LogP contribution in [-0.2, 0) is 9.53 Å². The Hall–Kier alpha value is -5.16. The standard InChI is InChI=1S/C28H15BrN4O6/c29-17-9-16(12-30-13-17)24(34)31-18-4-1-14(2-5-18)27-32-22(28(37)39-27)11-19-6-8-23(38-19)15-3-7-20-21(10-15)26(36)33-25(20)35/h1-13H,(H,31,34)(H,33,35,36). The van der Waals surface area contributed by atoms with Crippen LogP contribution >= 0.6 is 15.9 Å². The van der Waals surface area contributed by atoms with Crippen LogP contribution in [0.15, 0.2) is 92.6 Å². The Balaban J connectivity index is 1.18. The second-order valence-electron chi connectivity index (χ2n) is 8.50. The van der Waals surface area contributed by atoms with Crippen molar-refractivity contribution in [2.24, 2.45) is 4.99 Å². The first-order valence-corrected chi connectivity index (χ1v) is 12.3. The average molecular weight is 583 g/mol. The first kappa shape index (κ1) is 24.2. The Morgan fingerprint density at radius 3 is 2.46 bits per heavy atom. The Bertz CT molecular complexity index is 1770. The summed E-state index contributed by atoms with van der Waals surface area (Å²) in [6.45, 7) is 0. The Morgan fingerprint density at radius 1 is 0.897 bits per heavy atom. The Kier molecular flexibility index (Phi) is 5.97. The summed E-state index contributed by atoms with van der Waals surface area (Å²) in [5, 5.41) is 5.03. The number of ether oxygens (including phenoxy) is 1. The number of furan rings is 1. The number of nitrogens with zero attached hydrogens (tertiary/aromatic N) is 2. The molecule has 0 saturated carbocycles. The minimum absolute atomic E-state index is 0.0457. The van der Waals surface area contributed by atoms with Gasteiger partial charge in [-0.25, -0.2) is 9.79 Å². The SMILES string of the molecule is O=C1OC(c2ccc(NC(=O)c3cncc(Br)c3)cc2)=NC1=Cc1ccc(-c2ccc3c(c2)C(=O)NC3=O)o1. The van der Waals surface area contributed by atoms with E-state index in [0.717, 1.165) is 0 Å². The Morgan fingerprint density at radius 2 is 1.67 bits per heavy atom. The van der Waals surface area contributed by atoms with Crippen molar-refractivity contribution in [2.75, 3.05) is 5.32 Å². The van der Waals surface area contributed by atoms with Gasteiger partial charge in [-0.3, -0.25) is 24.7 Å². The van der Waals surface area contributed by atoms with E-state index in [9.17, 15) is 19.2 Å². The number of carbonyl (C=O) groups is 4. The lowest BCUT2D eigenvalue weighted by Gasteiger charge is -2.06. The number of hydrogen-bond acceptors (Lipinski definition) is 8. The zero-order valence-electron chi connectivity index (χ0n) is 19.7. The average Bonchev–Trinajstić information content (AvgIpc) is 3.62. The van der Waals surface area contributed by atoms with Crippen LogP contribution < -0.4 is 10.6 Å². The smallest absolute Gasteiger partial charge is 0.363 e. The molecule has 10 nitrogen and oxygen atoms in total. The highest BCUT2D eigenvalue weighted by molar-refractivity contribution is 9.10. The van der Waals surface area contributed by atoms with E-state index in [-0.39, 0.29) is 23.1 Å². The second-order valence-corrected chi connectivity index (χ2v) is 9.42. The number of halogens is 1. The molecule has 0 aliphatic carbocycles. The number of carbonyl (C=O) groups excluding carboxylic acids is 4. The molecule has 0 fully saturated rings. The summed E-state index contributed by atoms with van der Waals surface area (Å²) in [7, 11) is 0. The van der Waals surface area contributed by atoms with Gasteiger partial charge in [0.1, 0.15) is 11.5 Å². The molecule has 39 heavy (non-hydrogen) atoms. The summed E-state index contributed by atoms with van der Waals surface area (Å²) in [6.07, 6.45) is 4.49. The van der Waals surface area contributed by atoms with Gasteiger partial charge >= 0.3 is 5.97 Å². The van der Waals surface area contributed by atoms with Crippen molar-refractivity contribution >= 4 is 57.3 Å². The molecule has 4 heterocycles. The molecular formula is C28H15BrN4O6. The predicted octanol–water partition coefficient (Wildman–Crippen LogP) is 4.58. The quantitative estimate of drug-likeness (QED) is 0.199. The van der Waals surface area contributed by atoms with Crippen molar-refractivity contribution in [2.45, 2.75) is 0 Å². The van der Waals surface area contributed by atoms with E-state index in [0.29, 0.717) is 43.9 Å². The number of imide groups is 1. The van der Waals surface area contributed by atoms with Crippen LogP contribution in [0.4, 0.5) is 5.69 Å². The van der Waals surface area contributed by atoms with Crippen molar-refractivity contribution in [1.29, 1.82) is 0 Å². The van der Waals surface area contributed by atoms with Gasteiger partial charge < -0.3 is 14.5 Å². The molecule has 6 rings (SSSR count). The van der Waals surface area contributed by atoms with Gasteiger partial charge in [-0.15, -0.1) is 0 Å². The number of rotatable bonds is 5. The van der Waals surface area contributed by atoms with Crippen molar-refractivity contribution in [3.8, 4) is 11.3 Å². The maximum Gasteiger partial charge on any atom is 0.363 e. The molecule has 0 saturated heterocycles. The van der Waals surface area contributed by atoms with Gasteiger partial charge in [0.05, 0.1) is 16.7 Å². The van der Waals surface area contributed by atoms with Crippen LogP contribution in [0.2, 0.25) is 0 Å². The molecule has 2 N–H and O–H groups in total. The van der Waals surface area contributed by atoms with Crippen molar-refractivity contribution in [3.05, 3.63) is 111 Å². The first-order valence-electron chi connectivity index (χ1n) is 11.5. The number of amides is 3. The maximum absolute atomic E-state index is 12.4. The van der Waals surface area contributed by atoms with Crippen molar-refractivity contribution in [1.82, 2.24) is 10.3 Å². The molecule has 0 atom stereocenters. The lowest BCUT2D eigenvalue weighted by Crippen LogP contribution is -2.19. The maximum atomic E-state index is 12.4. The van der Waals surface area contributed by atoms with Crippen LogP contribution in [0.5, 0.6) is 0 Å². The van der Waals surface area contributed by atoms with Crippen LogP contribution in [0.3, 0.4) is 0 Å². The number of aromatic nitrogens is 1. The van der Waals surface area contributed by atoms with Gasteiger partial charge in [0.25, 0.3) is 17.7 Å². The molecule has 0 spiro atoms. The van der Waals surface area contributed by atoms with Crippen LogP contribution in [0, 0.1) is 0 Å². The molecule has 2 aromatic carbocycles. The number of aliphatic imine (C=N–C) groups is 1. The number of esters is 1. The second kappa shape index (κ2) is 9.62. The number of hydrogen-bond donors (Lipinski definition) is 2. The fourth-order valence-corrected chi connectivity index (χ4v) is 4.37. The molecule has 0 bridgehead atoms. The number of fused-ring (bicyclic) bond motifs is 1. The van der Waals surface area contributed by atoms with E-state index >= 15 is 0 Å². The number of nitrogens with one attached hydrogen (secondary N) is 2. The van der Waals surface area contributed by atoms with E-state index in [1.54, 1.807) is 66.9 Å². The monoisotopic (exact) mass is 582 g/mol.